The van der Waals surface area contributed by atoms with Crippen molar-refractivity contribution in [2.75, 3.05) is 5.73 Å². The fraction of sp³-hybridized carbons (Fsp3) is 0.0588. The largest absolute Gasteiger partial charge is 0.369 e. The van der Waals surface area contributed by atoms with Crippen molar-refractivity contribution in [3.63, 3.8) is 0 Å². The van der Waals surface area contributed by atoms with Crippen LogP contribution in [0.15, 0.2) is 53.5 Å². The lowest BCUT2D eigenvalue weighted by molar-refractivity contribution is 1.17. The molecule has 0 radical (unpaired) electrons. The van der Waals surface area contributed by atoms with E-state index in [1.54, 1.807) is 0 Å². The van der Waals surface area contributed by atoms with Crippen molar-refractivity contribution in [1.82, 2.24) is 15.0 Å². The number of nitrogens with zero attached hydrogens (tertiary/aromatic N) is 1. The lowest BCUT2D eigenvalue weighted by Crippen LogP contribution is -2.11. The monoisotopic (exact) mass is 290 g/mol. The molecule has 0 atom stereocenters. The van der Waals surface area contributed by atoms with E-state index < -0.39 is 0 Å². The van der Waals surface area contributed by atoms with Gasteiger partial charge in [0.25, 0.3) is 5.56 Å². The maximum atomic E-state index is 11.8. The zero-order valence-electron chi connectivity index (χ0n) is 11.8. The van der Waals surface area contributed by atoms with Crippen LogP contribution in [0.25, 0.3) is 21.8 Å². The summed E-state index contributed by atoms with van der Waals surface area (Å²) in [5.41, 5.74) is 8.62. The number of H-pyrrole nitrogens is 2. The summed E-state index contributed by atoms with van der Waals surface area (Å²) >= 11 is 0. The van der Waals surface area contributed by atoms with Gasteiger partial charge in [0.1, 0.15) is 11.0 Å². The summed E-state index contributed by atoms with van der Waals surface area (Å²) in [6.45, 7) is 0. The number of fused-ring (bicyclic) bond motifs is 2. The van der Waals surface area contributed by atoms with Crippen LogP contribution in [0.5, 0.6) is 0 Å². The number of nitrogens with two attached hydrogens (primary N) is 1. The lowest BCUT2D eigenvalue weighted by Gasteiger charge is -2.03. The van der Waals surface area contributed by atoms with Crippen molar-refractivity contribution < 1.29 is 0 Å². The highest BCUT2D eigenvalue weighted by Crippen LogP contribution is 2.21. The third-order valence-electron chi connectivity index (χ3n) is 3.84. The van der Waals surface area contributed by atoms with Crippen molar-refractivity contribution in [3.8, 4) is 0 Å². The fourth-order valence-electron chi connectivity index (χ4n) is 2.79. The molecule has 0 saturated carbocycles. The quantitative estimate of drug-likeness (QED) is 0.530. The molecule has 2 aromatic heterocycles. The molecule has 0 aliphatic heterocycles. The number of benzene rings is 2. The van der Waals surface area contributed by atoms with Crippen LogP contribution in [0, 0.1) is 0 Å². The highest BCUT2D eigenvalue weighted by atomic mass is 16.1. The summed E-state index contributed by atoms with van der Waals surface area (Å²) in [5, 5.41) is 2.41. The van der Waals surface area contributed by atoms with Gasteiger partial charge in [-0.05, 0) is 16.3 Å². The summed E-state index contributed by atoms with van der Waals surface area (Å²) in [7, 11) is 0. The molecule has 4 aromatic rings. The summed E-state index contributed by atoms with van der Waals surface area (Å²) < 4.78 is 0. The molecule has 4 N–H and O–H groups in total. The number of aromatic nitrogens is 3. The van der Waals surface area contributed by atoms with Crippen molar-refractivity contribution in [2.45, 2.75) is 6.42 Å². The average molecular weight is 290 g/mol. The molecular formula is C17H14N4O. The Labute approximate surface area is 125 Å². The Morgan fingerprint density at radius 2 is 1.91 bits per heavy atom. The van der Waals surface area contributed by atoms with Crippen LogP contribution >= 0.6 is 0 Å². The molecule has 0 unspecified atom stereocenters. The third kappa shape index (κ3) is 2.03. The maximum absolute atomic E-state index is 11.8. The van der Waals surface area contributed by atoms with Crippen molar-refractivity contribution in [1.29, 1.82) is 0 Å². The number of anilines is 1. The summed E-state index contributed by atoms with van der Waals surface area (Å²) in [6, 6.07) is 14.6. The SMILES string of the molecule is Nc1nc2c(Cc3ccc4ccccc4c3)c[nH]c2c(=O)[nH]1. The summed E-state index contributed by atoms with van der Waals surface area (Å²) in [5.74, 6) is 0.136. The van der Waals surface area contributed by atoms with Gasteiger partial charge >= 0.3 is 0 Å². The number of nitrogen functional groups attached to an aromatic ring is 1. The van der Waals surface area contributed by atoms with Gasteiger partial charge < -0.3 is 10.7 Å². The smallest absolute Gasteiger partial charge is 0.276 e. The topological polar surface area (TPSA) is 87.6 Å². The van der Waals surface area contributed by atoms with E-state index in [0.29, 0.717) is 17.5 Å². The number of nitrogens with one attached hydrogen (secondary N) is 2. The molecule has 0 spiro atoms. The van der Waals surface area contributed by atoms with Crippen LogP contribution in [0.3, 0.4) is 0 Å². The van der Waals surface area contributed by atoms with Gasteiger partial charge in [-0.2, -0.15) is 0 Å². The Bertz CT molecular complexity index is 1050. The third-order valence-corrected chi connectivity index (χ3v) is 3.84. The Morgan fingerprint density at radius 3 is 2.77 bits per heavy atom. The van der Waals surface area contributed by atoms with Crippen LogP contribution in [-0.2, 0) is 6.42 Å². The van der Waals surface area contributed by atoms with Gasteiger partial charge in [0.05, 0.1) is 0 Å². The van der Waals surface area contributed by atoms with Crippen LogP contribution in [0.2, 0.25) is 0 Å². The molecule has 0 saturated heterocycles. The minimum Gasteiger partial charge on any atom is -0.369 e. The van der Waals surface area contributed by atoms with E-state index in [1.807, 2.05) is 18.3 Å². The molecule has 5 heteroatoms. The first kappa shape index (κ1) is 12.6. The predicted molar refractivity (Wildman–Crippen MR) is 87.9 cm³/mol. The van der Waals surface area contributed by atoms with Crippen molar-refractivity contribution in [2.24, 2.45) is 0 Å². The molecule has 22 heavy (non-hydrogen) atoms. The zero-order chi connectivity index (χ0) is 15.1. The minimum absolute atomic E-state index is 0.136. The highest BCUT2D eigenvalue weighted by molar-refractivity contribution is 5.84. The van der Waals surface area contributed by atoms with Crippen LogP contribution in [-0.4, -0.2) is 15.0 Å². The van der Waals surface area contributed by atoms with E-state index >= 15 is 0 Å². The highest BCUT2D eigenvalue weighted by Gasteiger charge is 2.10. The molecular weight excluding hydrogens is 276 g/mol. The Kier molecular flexibility index (Phi) is 2.72. The lowest BCUT2D eigenvalue weighted by atomic mass is 10.0. The van der Waals surface area contributed by atoms with Gasteiger partial charge in [0.15, 0.2) is 0 Å². The van der Waals surface area contributed by atoms with Gasteiger partial charge in [0, 0.05) is 18.2 Å². The molecule has 2 heterocycles. The van der Waals surface area contributed by atoms with E-state index in [1.165, 1.54) is 16.3 Å². The Morgan fingerprint density at radius 1 is 1.09 bits per heavy atom. The van der Waals surface area contributed by atoms with Gasteiger partial charge in [-0.1, -0.05) is 42.5 Å². The molecule has 0 amide bonds. The van der Waals surface area contributed by atoms with Gasteiger partial charge in [-0.25, -0.2) is 4.98 Å². The molecule has 2 aromatic carbocycles. The molecule has 0 bridgehead atoms. The normalized spacial score (nSPS) is 11.3. The van der Waals surface area contributed by atoms with Gasteiger partial charge in [-0.15, -0.1) is 0 Å². The average Bonchev–Trinajstić information content (AvgIpc) is 2.90. The van der Waals surface area contributed by atoms with E-state index in [4.69, 9.17) is 5.73 Å². The maximum Gasteiger partial charge on any atom is 0.276 e. The molecule has 0 fully saturated rings. The zero-order valence-corrected chi connectivity index (χ0v) is 11.8. The van der Waals surface area contributed by atoms with Crippen LogP contribution < -0.4 is 11.3 Å². The van der Waals surface area contributed by atoms with E-state index in [2.05, 4.69) is 45.3 Å². The van der Waals surface area contributed by atoms with Crippen molar-refractivity contribution in [3.05, 3.63) is 70.1 Å². The predicted octanol–water partition coefficient (Wildman–Crippen LogP) is 2.58. The molecule has 4 rings (SSSR count). The second-order valence-electron chi connectivity index (χ2n) is 5.35. The first-order valence-corrected chi connectivity index (χ1v) is 7.04. The molecule has 5 nitrogen and oxygen atoms in total. The standard InChI is InChI=1S/C17H14N4O/c18-17-20-14-13(9-19-15(14)16(22)21-17)8-10-5-6-11-3-1-2-4-12(11)7-10/h1-7,9,19H,8H2,(H3,18,20,21,22). The minimum atomic E-state index is -0.243. The molecule has 108 valence electrons. The number of rotatable bonds is 2. The first-order valence-electron chi connectivity index (χ1n) is 7.04. The van der Waals surface area contributed by atoms with E-state index in [9.17, 15) is 4.79 Å². The first-order chi connectivity index (χ1) is 10.7. The van der Waals surface area contributed by atoms with E-state index in [-0.39, 0.29) is 11.5 Å². The number of hydrogen-bond acceptors (Lipinski definition) is 3. The number of aromatic amines is 2. The summed E-state index contributed by atoms with van der Waals surface area (Å²) in [4.78, 5) is 21.6. The Hall–Kier alpha value is -3.08. The molecule has 0 aliphatic rings. The Balaban J connectivity index is 1.80. The van der Waals surface area contributed by atoms with Gasteiger partial charge in [-0.3, -0.25) is 9.78 Å². The van der Waals surface area contributed by atoms with Crippen LogP contribution in [0.1, 0.15) is 11.1 Å². The second kappa shape index (κ2) is 4.73. The summed E-state index contributed by atoms with van der Waals surface area (Å²) in [6.07, 6.45) is 2.52. The fourth-order valence-corrected chi connectivity index (χ4v) is 2.79. The second-order valence-corrected chi connectivity index (χ2v) is 5.35. The number of hydrogen-bond donors (Lipinski definition) is 3. The molecule has 0 aliphatic carbocycles. The van der Waals surface area contributed by atoms with E-state index in [0.717, 1.165) is 5.56 Å². The van der Waals surface area contributed by atoms with Crippen molar-refractivity contribution >= 4 is 27.8 Å². The van der Waals surface area contributed by atoms with Gasteiger partial charge in [0.2, 0.25) is 5.95 Å². The van der Waals surface area contributed by atoms with Crippen LogP contribution in [0.4, 0.5) is 5.95 Å².